The van der Waals surface area contributed by atoms with Crippen LogP contribution in [0.3, 0.4) is 0 Å². The second-order valence-corrected chi connectivity index (χ2v) is 8.74. The minimum atomic E-state index is -0.185. The molecule has 0 N–H and O–H groups in total. The lowest BCUT2D eigenvalue weighted by atomic mass is 9.81. The summed E-state index contributed by atoms with van der Waals surface area (Å²) < 4.78 is 17.6. The fraction of sp³-hybridized carbons (Fsp3) is 0.480. The zero-order valence-electron chi connectivity index (χ0n) is 18.7. The molecule has 1 fully saturated rings. The molecule has 6 heteroatoms. The molecular weight excluding hydrogens is 392 g/mol. The minimum absolute atomic E-state index is 0.00509. The number of fused-ring (bicyclic) bond motifs is 1. The number of likely N-dealkylation sites (N-methyl/N-ethyl adjacent to an activating group) is 2. The molecule has 1 aliphatic carbocycles. The number of nitrogens with zero attached hydrogens (tertiary/aromatic N) is 2. The van der Waals surface area contributed by atoms with Gasteiger partial charge in [0.15, 0.2) is 18.1 Å². The van der Waals surface area contributed by atoms with Crippen molar-refractivity contribution >= 4 is 5.91 Å². The second-order valence-electron chi connectivity index (χ2n) is 8.74. The van der Waals surface area contributed by atoms with E-state index in [2.05, 4.69) is 30.1 Å². The van der Waals surface area contributed by atoms with Crippen molar-refractivity contribution in [3.05, 3.63) is 54.1 Å². The Hall–Kier alpha value is -2.73. The first-order chi connectivity index (χ1) is 15.0. The molecule has 0 aromatic heterocycles. The van der Waals surface area contributed by atoms with Crippen molar-refractivity contribution < 1.29 is 19.0 Å². The summed E-state index contributed by atoms with van der Waals surface area (Å²) in [6.07, 6.45) is 3.71. The summed E-state index contributed by atoms with van der Waals surface area (Å²) in [4.78, 5) is 17.0. The van der Waals surface area contributed by atoms with Crippen molar-refractivity contribution in [1.82, 2.24) is 9.80 Å². The summed E-state index contributed by atoms with van der Waals surface area (Å²) in [5.74, 6) is 2.20. The van der Waals surface area contributed by atoms with E-state index in [-0.39, 0.29) is 24.2 Å². The van der Waals surface area contributed by atoms with Crippen LogP contribution in [0.4, 0.5) is 0 Å². The molecule has 2 aromatic carbocycles. The van der Waals surface area contributed by atoms with Crippen molar-refractivity contribution in [3.63, 3.8) is 0 Å². The molecule has 1 amide bonds. The number of benzene rings is 2. The van der Waals surface area contributed by atoms with Gasteiger partial charge in [-0.1, -0.05) is 30.3 Å². The Morgan fingerprint density at radius 1 is 1.13 bits per heavy atom. The fourth-order valence-electron chi connectivity index (χ4n) is 4.80. The first-order valence-electron chi connectivity index (χ1n) is 11.0. The van der Waals surface area contributed by atoms with Gasteiger partial charge in [0.25, 0.3) is 5.91 Å². The lowest BCUT2D eigenvalue weighted by molar-refractivity contribution is -0.135. The highest BCUT2D eigenvalue weighted by Crippen LogP contribution is 2.39. The van der Waals surface area contributed by atoms with Gasteiger partial charge >= 0.3 is 0 Å². The monoisotopic (exact) mass is 424 g/mol. The first kappa shape index (κ1) is 21.5. The Morgan fingerprint density at radius 2 is 1.81 bits per heavy atom. The van der Waals surface area contributed by atoms with Crippen LogP contribution in [0.2, 0.25) is 0 Å². The third kappa shape index (κ3) is 4.79. The Bertz CT molecular complexity index is 908. The molecule has 0 saturated heterocycles. The standard InChI is InChI=1S/C25H32N2O4/c1-26-16-19-8-4-5-9-21(19)31-25(18-26)14-12-20(13-15-25)27(2)24(28)17-30-23-11-7-6-10-22(23)29-3/h4-11,20H,12-18H2,1-3H3. The van der Waals surface area contributed by atoms with Crippen LogP contribution in [0.1, 0.15) is 31.2 Å². The predicted molar refractivity (Wildman–Crippen MR) is 120 cm³/mol. The van der Waals surface area contributed by atoms with Crippen LogP contribution in [0, 0.1) is 0 Å². The van der Waals surface area contributed by atoms with Crippen LogP contribution in [-0.2, 0) is 11.3 Å². The maximum absolute atomic E-state index is 12.8. The number of carbonyl (C=O) groups excluding carboxylic acids is 1. The maximum Gasteiger partial charge on any atom is 0.260 e. The van der Waals surface area contributed by atoms with E-state index in [1.54, 1.807) is 7.11 Å². The van der Waals surface area contributed by atoms with Crippen molar-refractivity contribution in [2.24, 2.45) is 0 Å². The number of rotatable bonds is 5. The molecule has 0 atom stereocenters. The van der Waals surface area contributed by atoms with Gasteiger partial charge in [-0.05, 0) is 50.9 Å². The highest BCUT2D eigenvalue weighted by Gasteiger charge is 2.41. The Morgan fingerprint density at radius 3 is 2.55 bits per heavy atom. The third-order valence-corrected chi connectivity index (χ3v) is 6.53. The molecule has 1 saturated carbocycles. The molecule has 1 spiro atoms. The number of methoxy groups -OCH3 is 1. The van der Waals surface area contributed by atoms with Gasteiger partial charge in [0.2, 0.25) is 0 Å². The number of ether oxygens (including phenoxy) is 3. The van der Waals surface area contributed by atoms with E-state index in [0.717, 1.165) is 44.5 Å². The van der Waals surface area contributed by atoms with E-state index in [4.69, 9.17) is 14.2 Å². The van der Waals surface area contributed by atoms with E-state index in [0.29, 0.717) is 11.5 Å². The van der Waals surface area contributed by atoms with Gasteiger partial charge in [-0.2, -0.15) is 0 Å². The average molecular weight is 425 g/mol. The Kier molecular flexibility index (Phi) is 6.37. The topological polar surface area (TPSA) is 51.2 Å². The van der Waals surface area contributed by atoms with Gasteiger partial charge < -0.3 is 19.1 Å². The average Bonchev–Trinajstić information content (AvgIpc) is 2.92. The number of carbonyl (C=O) groups is 1. The summed E-state index contributed by atoms with van der Waals surface area (Å²) >= 11 is 0. The molecule has 1 heterocycles. The molecule has 1 aliphatic heterocycles. The van der Waals surface area contributed by atoms with Gasteiger partial charge in [-0.3, -0.25) is 9.69 Å². The molecule has 0 radical (unpaired) electrons. The molecule has 166 valence electrons. The fourth-order valence-corrected chi connectivity index (χ4v) is 4.80. The molecule has 0 unspecified atom stereocenters. The summed E-state index contributed by atoms with van der Waals surface area (Å²) in [6.45, 7) is 1.81. The van der Waals surface area contributed by atoms with E-state index < -0.39 is 0 Å². The molecule has 2 aliphatic rings. The first-order valence-corrected chi connectivity index (χ1v) is 11.0. The van der Waals surface area contributed by atoms with Crippen molar-refractivity contribution in [3.8, 4) is 17.2 Å². The van der Waals surface area contributed by atoms with Crippen LogP contribution in [-0.4, -0.2) is 61.7 Å². The lowest BCUT2D eigenvalue weighted by Gasteiger charge is -2.43. The van der Waals surface area contributed by atoms with Gasteiger partial charge in [0, 0.05) is 31.7 Å². The zero-order chi connectivity index (χ0) is 21.8. The van der Waals surface area contributed by atoms with E-state index in [1.807, 2.05) is 42.3 Å². The van der Waals surface area contributed by atoms with Crippen LogP contribution < -0.4 is 14.2 Å². The molecule has 2 aromatic rings. The summed E-state index contributed by atoms with van der Waals surface area (Å²) in [5, 5.41) is 0. The molecular formula is C25H32N2O4. The number of para-hydroxylation sites is 3. The van der Waals surface area contributed by atoms with Gasteiger partial charge in [-0.25, -0.2) is 0 Å². The number of amides is 1. The maximum atomic E-state index is 12.8. The van der Waals surface area contributed by atoms with Crippen LogP contribution in [0.5, 0.6) is 17.2 Å². The summed E-state index contributed by atoms with van der Waals surface area (Å²) in [5.41, 5.74) is 1.06. The van der Waals surface area contributed by atoms with E-state index >= 15 is 0 Å². The largest absolute Gasteiger partial charge is 0.493 e. The van der Waals surface area contributed by atoms with Crippen LogP contribution in [0.25, 0.3) is 0 Å². The molecule has 4 rings (SSSR count). The third-order valence-electron chi connectivity index (χ3n) is 6.53. The molecule has 6 nitrogen and oxygen atoms in total. The van der Waals surface area contributed by atoms with E-state index in [1.165, 1.54) is 5.56 Å². The molecule has 0 bridgehead atoms. The van der Waals surface area contributed by atoms with Gasteiger partial charge in [-0.15, -0.1) is 0 Å². The minimum Gasteiger partial charge on any atom is -0.493 e. The summed E-state index contributed by atoms with van der Waals surface area (Å²) in [7, 11) is 5.63. The van der Waals surface area contributed by atoms with Gasteiger partial charge in [0.05, 0.1) is 7.11 Å². The Labute approximate surface area is 184 Å². The second kappa shape index (κ2) is 9.18. The predicted octanol–water partition coefficient (Wildman–Crippen LogP) is 3.74. The lowest BCUT2D eigenvalue weighted by Crippen LogP contribution is -2.51. The van der Waals surface area contributed by atoms with Crippen molar-refractivity contribution in [2.45, 2.75) is 43.9 Å². The SMILES string of the molecule is COc1ccccc1OCC(=O)N(C)C1CCC2(CC1)CN(C)Cc1ccccc1O2. The zero-order valence-corrected chi connectivity index (χ0v) is 18.7. The quantitative estimate of drug-likeness (QED) is 0.732. The van der Waals surface area contributed by atoms with Crippen LogP contribution in [0.15, 0.2) is 48.5 Å². The highest BCUT2D eigenvalue weighted by molar-refractivity contribution is 5.78. The number of hydrogen-bond donors (Lipinski definition) is 0. The normalized spacial score (nSPS) is 23.4. The van der Waals surface area contributed by atoms with Crippen LogP contribution >= 0.6 is 0 Å². The molecule has 31 heavy (non-hydrogen) atoms. The highest BCUT2D eigenvalue weighted by atomic mass is 16.5. The van der Waals surface area contributed by atoms with E-state index in [9.17, 15) is 4.79 Å². The summed E-state index contributed by atoms with van der Waals surface area (Å²) in [6, 6.07) is 15.9. The smallest absolute Gasteiger partial charge is 0.260 e. The van der Waals surface area contributed by atoms with Gasteiger partial charge in [0.1, 0.15) is 11.4 Å². The van der Waals surface area contributed by atoms with Crippen molar-refractivity contribution in [2.75, 3.05) is 34.4 Å². The number of hydrogen-bond acceptors (Lipinski definition) is 5. The van der Waals surface area contributed by atoms with Crippen molar-refractivity contribution in [1.29, 1.82) is 0 Å². The Balaban J connectivity index is 1.35.